The summed E-state index contributed by atoms with van der Waals surface area (Å²) in [5, 5.41) is 8.34. The fourth-order valence-electron chi connectivity index (χ4n) is 4.53. The number of nitrogens with one attached hydrogen (secondary N) is 2. The van der Waals surface area contributed by atoms with E-state index in [0.717, 1.165) is 42.9 Å². The van der Waals surface area contributed by atoms with Crippen LogP contribution in [-0.2, 0) is 6.42 Å². The summed E-state index contributed by atoms with van der Waals surface area (Å²) in [6, 6.07) is 13.2. The standard InChI is InChI=1S/C28H34N4O3S/c1-4-19-9-14-25(35-6-3)23(16-19)24-18-36-28(30-24)31-27(34)21-12-10-20(11-13-21)26(33)29-17-22-8-7-15-32(22)5-2/h9-14,16,18,22H,4-8,15,17H2,1-3H3,(H,29,33)(H,30,31,34)/t22-/m0/s1. The third kappa shape index (κ3) is 6.12. The zero-order valence-corrected chi connectivity index (χ0v) is 22.0. The number of carbonyl (C=O) groups excluding carboxylic acids is 2. The summed E-state index contributed by atoms with van der Waals surface area (Å²) in [7, 11) is 0. The summed E-state index contributed by atoms with van der Waals surface area (Å²) >= 11 is 1.37. The lowest BCUT2D eigenvalue weighted by molar-refractivity contribution is 0.0939. The fraction of sp³-hybridized carbons (Fsp3) is 0.393. The van der Waals surface area contributed by atoms with Crippen LogP contribution in [0.25, 0.3) is 11.3 Å². The topological polar surface area (TPSA) is 83.6 Å². The smallest absolute Gasteiger partial charge is 0.257 e. The first kappa shape index (κ1) is 25.9. The normalized spacial score (nSPS) is 15.6. The monoisotopic (exact) mass is 506 g/mol. The second-order valence-corrected chi connectivity index (χ2v) is 9.68. The number of aromatic nitrogens is 1. The minimum atomic E-state index is -0.264. The van der Waals surface area contributed by atoms with Crippen LogP contribution in [-0.4, -0.2) is 54.0 Å². The molecule has 0 spiro atoms. The Kier molecular flexibility index (Phi) is 8.72. The number of hydrogen-bond acceptors (Lipinski definition) is 6. The van der Waals surface area contributed by atoms with Gasteiger partial charge in [-0.05, 0) is 81.2 Å². The molecule has 7 nitrogen and oxygen atoms in total. The highest BCUT2D eigenvalue weighted by Crippen LogP contribution is 2.33. The molecule has 0 saturated carbocycles. The SMILES string of the molecule is CCOc1ccc(CC)cc1-c1csc(NC(=O)c2ccc(C(=O)NC[C@@H]3CCCN3CC)cc2)n1. The molecular weight excluding hydrogens is 472 g/mol. The largest absolute Gasteiger partial charge is 0.493 e. The number of aryl methyl sites for hydroxylation is 1. The van der Waals surface area contributed by atoms with Crippen LogP contribution in [0.3, 0.4) is 0 Å². The maximum atomic E-state index is 12.8. The number of likely N-dealkylation sites (tertiary alicyclic amines) is 1. The molecule has 0 bridgehead atoms. The number of likely N-dealkylation sites (N-methyl/N-ethyl adjacent to an activating group) is 1. The molecule has 0 radical (unpaired) electrons. The highest BCUT2D eigenvalue weighted by atomic mass is 32.1. The number of anilines is 1. The van der Waals surface area contributed by atoms with Gasteiger partial charge in [0.2, 0.25) is 0 Å². The minimum Gasteiger partial charge on any atom is -0.493 e. The highest BCUT2D eigenvalue weighted by Gasteiger charge is 2.23. The fourth-order valence-corrected chi connectivity index (χ4v) is 5.24. The molecule has 2 heterocycles. The molecule has 3 aromatic rings. The molecule has 1 atom stereocenters. The van der Waals surface area contributed by atoms with Crippen LogP contribution in [0.15, 0.2) is 47.8 Å². The Morgan fingerprint density at radius 1 is 1.08 bits per heavy atom. The number of ether oxygens (including phenoxy) is 1. The summed E-state index contributed by atoms with van der Waals surface area (Å²) in [5.74, 6) is 0.399. The van der Waals surface area contributed by atoms with Gasteiger partial charge in [0.1, 0.15) is 5.75 Å². The van der Waals surface area contributed by atoms with Crippen molar-refractivity contribution in [2.75, 3.05) is 31.6 Å². The molecule has 2 N–H and O–H groups in total. The van der Waals surface area contributed by atoms with Gasteiger partial charge < -0.3 is 10.1 Å². The van der Waals surface area contributed by atoms with E-state index in [2.05, 4.69) is 46.5 Å². The molecule has 8 heteroatoms. The predicted octanol–water partition coefficient (Wildman–Crippen LogP) is 5.24. The second-order valence-electron chi connectivity index (χ2n) is 8.82. The molecule has 1 aromatic heterocycles. The zero-order valence-electron chi connectivity index (χ0n) is 21.2. The Hall–Kier alpha value is -3.23. The van der Waals surface area contributed by atoms with Crippen molar-refractivity contribution >= 4 is 28.3 Å². The number of benzene rings is 2. The van der Waals surface area contributed by atoms with Gasteiger partial charge in [0.05, 0.1) is 12.3 Å². The molecule has 1 aliphatic rings. The summed E-state index contributed by atoms with van der Waals surface area (Å²) < 4.78 is 5.78. The molecular formula is C28H34N4O3S. The van der Waals surface area contributed by atoms with Gasteiger partial charge in [0, 0.05) is 34.7 Å². The lowest BCUT2D eigenvalue weighted by atomic mass is 10.1. The molecule has 1 saturated heterocycles. The van der Waals surface area contributed by atoms with E-state index in [1.54, 1.807) is 24.3 Å². The van der Waals surface area contributed by atoms with Gasteiger partial charge in [-0.2, -0.15) is 0 Å². The van der Waals surface area contributed by atoms with Crippen molar-refractivity contribution in [3.63, 3.8) is 0 Å². The Morgan fingerprint density at radius 3 is 2.53 bits per heavy atom. The predicted molar refractivity (Wildman–Crippen MR) is 145 cm³/mol. The average Bonchev–Trinajstić information content (AvgIpc) is 3.57. The maximum Gasteiger partial charge on any atom is 0.257 e. The van der Waals surface area contributed by atoms with Gasteiger partial charge in [0.25, 0.3) is 11.8 Å². The molecule has 1 aliphatic heterocycles. The Morgan fingerprint density at radius 2 is 1.83 bits per heavy atom. The Labute approximate surface area is 216 Å². The number of hydrogen-bond donors (Lipinski definition) is 2. The van der Waals surface area contributed by atoms with Gasteiger partial charge >= 0.3 is 0 Å². The van der Waals surface area contributed by atoms with Gasteiger partial charge in [-0.25, -0.2) is 4.98 Å². The molecule has 2 aromatic carbocycles. The summed E-state index contributed by atoms with van der Waals surface area (Å²) in [4.78, 5) is 32.4. The third-order valence-electron chi connectivity index (χ3n) is 6.57. The van der Waals surface area contributed by atoms with E-state index < -0.39 is 0 Å². The zero-order chi connectivity index (χ0) is 25.5. The van der Waals surface area contributed by atoms with E-state index in [-0.39, 0.29) is 11.8 Å². The first-order chi connectivity index (χ1) is 17.5. The molecule has 0 unspecified atom stereocenters. The van der Waals surface area contributed by atoms with Crippen molar-refractivity contribution in [2.24, 2.45) is 0 Å². The van der Waals surface area contributed by atoms with Crippen LogP contribution < -0.4 is 15.4 Å². The quantitative estimate of drug-likeness (QED) is 0.393. The number of carbonyl (C=O) groups is 2. The number of nitrogens with zero attached hydrogens (tertiary/aromatic N) is 2. The highest BCUT2D eigenvalue weighted by molar-refractivity contribution is 7.14. The molecule has 0 aliphatic carbocycles. The Balaban J connectivity index is 1.38. The second kappa shape index (κ2) is 12.1. The van der Waals surface area contributed by atoms with Crippen LogP contribution in [0.2, 0.25) is 0 Å². The van der Waals surface area contributed by atoms with Gasteiger partial charge in [-0.15, -0.1) is 11.3 Å². The molecule has 190 valence electrons. The maximum absolute atomic E-state index is 12.8. The van der Waals surface area contributed by atoms with Crippen LogP contribution >= 0.6 is 11.3 Å². The van der Waals surface area contributed by atoms with Gasteiger partial charge in [-0.3, -0.25) is 19.8 Å². The lowest BCUT2D eigenvalue weighted by Gasteiger charge is -2.22. The first-order valence-electron chi connectivity index (χ1n) is 12.7. The van der Waals surface area contributed by atoms with E-state index in [1.807, 2.05) is 18.4 Å². The van der Waals surface area contributed by atoms with E-state index in [9.17, 15) is 9.59 Å². The van der Waals surface area contributed by atoms with Crippen LogP contribution in [0, 0.1) is 0 Å². The van der Waals surface area contributed by atoms with Gasteiger partial charge in [0.15, 0.2) is 5.13 Å². The first-order valence-corrected chi connectivity index (χ1v) is 13.6. The average molecular weight is 507 g/mol. The van der Waals surface area contributed by atoms with Crippen molar-refractivity contribution in [3.8, 4) is 17.0 Å². The minimum absolute atomic E-state index is 0.117. The van der Waals surface area contributed by atoms with Crippen molar-refractivity contribution in [1.82, 2.24) is 15.2 Å². The number of thiazole rings is 1. The summed E-state index contributed by atoms with van der Waals surface area (Å²) in [6.07, 6.45) is 3.21. The van der Waals surface area contributed by atoms with Crippen LogP contribution in [0.1, 0.15) is 59.9 Å². The van der Waals surface area contributed by atoms with Crippen molar-refractivity contribution in [1.29, 1.82) is 0 Å². The molecule has 4 rings (SSSR count). The summed E-state index contributed by atoms with van der Waals surface area (Å²) in [5.41, 5.74) is 3.90. The van der Waals surface area contributed by atoms with Crippen molar-refractivity contribution in [3.05, 3.63) is 64.5 Å². The third-order valence-corrected chi connectivity index (χ3v) is 7.32. The molecule has 2 amide bonds. The molecule has 1 fully saturated rings. The van der Waals surface area contributed by atoms with E-state index >= 15 is 0 Å². The molecule has 36 heavy (non-hydrogen) atoms. The van der Waals surface area contributed by atoms with E-state index in [0.29, 0.717) is 35.5 Å². The van der Waals surface area contributed by atoms with Crippen LogP contribution in [0.4, 0.5) is 5.13 Å². The number of rotatable bonds is 10. The van der Waals surface area contributed by atoms with Crippen molar-refractivity contribution < 1.29 is 14.3 Å². The van der Waals surface area contributed by atoms with Crippen molar-refractivity contribution in [2.45, 2.75) is 46.1 Å². The van der Waals surface area contributed by atoms with Gasteiger partial charge in [-0.1, -0.05) is 19.9 Å². The van der Waals surface area contributed by atoms with E-state index in [1.165, 1.54) is 23.3 Å². The summed E-state index contributed by atoms with van der Waals surface area (Å²) in [6.45, 7) is 9.53. The van der Waals surface area contributed by atoms with Crippen LogP contribution in [0.5, 0.6) is 5.75 Å². The lowest BCUT2D eigenvalue weighted by Crippen LogP contribution is -2.40. The number of amides is 2. The van der Waals surface area contributed by atoms with E-state index in [4.69, 9.17) is 4.74 Å². The Bertz CT molecular complexity index is 1190.